The number of nitrogens with one attached hydrogen (secondary N) is 2. The van der Waals surface area contributed by atoms with Crippen LogP contribution < -0.4 is 4.72 Å². The van der Waals surface area contributed by atoms with E-state index in [-0.39, 0.29) is 28.5 Å². The maximum absolute atomic E-state index is 12.4. The van der Waals surface area contributed by atoms with Crippen LogP contribution in [0.3, 0.4) is 0 Å². The minimum Gasteiger partial charge on any atom is -0.462 e. The molecule has 0 spiro atoms. The zero-order chi connectivity index (χ0) is 15.5. The maximum Gasteiger partial charge on any atom is 0.342 e. The van der Waals surface area contributed by atoms with Gasteiger partial charge in [0, 0.05) is 11.3 Å². The molecule has 9 heteroatoms. The minimum absolute atomic E-state index is 0.0666. The van der Waals surface area contributed by atoms with Crippen molar-refractivity contribution in [3.63, 3.8) is 0 Å². The number of aromatic nitrogens is 2. The first-order valence-electron chi connectivity index (χ1n) is 6.75. The van der Waals surface area contributed by atoms with Crippen LogP contribution in [0.5, 0.6) is 0 Å². The summed E-state index contributed by atoms with van der Waals surface area (Å²) in [6, 6.07) is -0.122. The van der Waals surface area contributed by atoms with E-state index in [2.05, 4.69) is 14.9 Å². The molecule has 7 nitrogen and oxygen atoms in total. The molecule has 1 heterocycles. The first-order chi connectivity index (χ1) is 9.99. The monoisotopic (exact) mass is 333 g/mol. The normalized spacial score (nSPS) is 22.4. The number of thioether (sulfide) groups is 1. The Hall–Kier alpha value is -1.06. The number of esters is 1. The van der Waals surface area contributed by atoms with Crippen molar-refractivity contribution in [1.29, 1.82) is 0 Å². The van der Waals surface area contributed by atoms with Gasteiger partial charge in [0.15, 0.2) is 5.03 Å². The van der Waals surface area contributed by atoms with Crippen LogP contribution in [0.2, 0.25) is 0 Å². The molecule has 0 saturated heterocycles. The number of nitrogens with zero attached hydrogens (tertiary/aromatic N) is 1. The lowest BCUT2D eigenvalue weighted by Gasteiger charge is -2.18. The fourth-order valence-corrected chi connectivity index (χ4v) is 4.85. The van der Waals surface area contributed by atoms with Crippen molar-refractivity contribution in [2.75, 3.05) is 12.9 Å². The maximum atomic E-state index is 12.4. The quantitative estimate of drug-likeness (QED) is 0.757. The lowest BCUT2D eigenvalue weighted by atomic mass is 10.3. The molecule has 2 rings (SSSR count). The second kappa shape index (κ2) is 6.80. The predicted molar refractivity (Wildman–Crippen MR) is 79.8 cm³/mol. The summed E-state index contributed by atoms with van der Waals surface area (Å²) in [4.78, 5) is 11.8. The third-order valence-corrected chi connectivity index (χ3v) is 6.06. The number of sulfonamides is 1. The zero-order valence-electron chi connectivity index (χ0n) is 12.0. The van der Waals surface area contributed by atoms with Crippen LogP contribution in [0.1, 0.15) is 36.5 Å². The Morgan fingerprint density at radius 2 is 2.33 bits per heavy atom. The number of H-pyrrole nitrogens is 1. The Kier molecular flexibility index (Phi) is 5.28. The fraction of sp³-hybridized carbons (Fsp3) is 0.667. The smallest absolute Gasteiger partial charge is 0.342 e. The predicted octanol–water partition coefficient (Wildman–Crippen LogP) is 1.15. The average Bonchev–Trinajstić information content (AvgIpc) is 3.06. The van der Waals surface area contributed by atoms with E-state index in [1.165, 1.54) is 6.20 Å². The van der Waals surface area contributed by atoms with E-state index in [9.17, 15) is 13.2 Å². The van der Waals surface area contributed by atoms with E-state index in [0.29, 0.717) is 0 Å². The van der Waals surface area contributed by atoms with Gasteiger partial charge in [-0.25, -0.2) is 17.9 Å². The van der Waals surface area contributed by atoms with E-state index in [1.807, 2.05) is 6.26 Å². The van der Waals surface area contributed by atoms with Gasteiger partial charge in [0.2, 0.25) is 0 Å². The molecule has 21 heavy (non-hydrogen) atoms. The van der Waals surface area contributed by atoms with Crippen LogP contribution >= 0.6 is 11.8 Å². The van der Waals surface area contributed by atoms with E-state index in [0.717, 1.165) is 19.3 Å². The molecule has 1 saturated carbocycles. The van der Waals surface area contributed by atoms with Crippen LogP contribution in [-0.4, -0.2) is 48.7 Å². The van der Waals surface area contributed by atoms with E-state index in [4.69, 9.17) is 4.74 Å². The molecule has 118 valence electrons. The Morgan fingerprint density at radius 1 is 1.57 bits per heavy atom. The van der Waals surface area contributed by atoms with Crippen molar-refractivity contribution in [3.05, 3.63) is 11.8 Å². The van der Waals surface area contributed by atoms with Crippen LogP contribution in [0.25, 0.3) is 0 Å². The highest BCUT2D eigenvalue weighted by molar-refractivity contribution is 7.99. The van der Waals surface area contributed by atoms with Gasteiger partial charge >= 0.3 is 5.97 Å². The third kappa shape index (κ3) is 3.58. The van der Waals surface area contributed by atoms with Crippen LogP contribution in [0.4, 0.5) is 0 Å². The van der Waals surface area contributed by atoms with Gasteiger partial charge in [-0.15, -0.1) is 0 Å². The molecule has 0 bridgehead atoms. The second-order valence-electron chi connectivity index (χ2n) is 4.77. The molecule has 0 amide bonds. The van der Waals surface area contributed by atoms with Gasteiger partial charge in [-0.05, 0) is 26.0 Å². The molecule has 1 aliphatic carbocycles. The number of ether oxygens (including phenoxy) is 1. The number of rotatable bonds is 6. The van der Waals surface area contributed by atoms with Gasteiger partial charge in [-0.3, -0.25) is 5.10 Å². The van der Waals surface area contributed by atoms with Crippen molar-refractivity contribution in [3.8, 4) is 0 Å². The van der Waals surface area contributed by atoms with E-state index < -0.39 is 16.0 Å². The summed E-state index contributed by atoms with van der Waals surface area (Å²) < 4.78 is 32.4. The highest BCUT2D eigenvalue weighted by Crippen LogP contribution is 2.29. The number of hydrogen-bond donors (Lipinski definition) is 2. The van der Waals surface area contributed by atoms with Crippen molar-refractivity contribution in [2.24, 2.45) is 0 Å². The largest absolute Gasteiger partial charge is 0.462 e. The Bertz CT molecular complexity index is 599. The molecular weight excluding hydrogens is 314 g/mol. The van der Waals surface area contributed by atoms with Gasteiger partial charge in [-0.1, -0.05) is 6.42 Å². The van der Waals surface area contributed by atoms with Crippen molar-refractivity contribution < 1.29 is 17.9 Å². The van der Waals surface area contributed by atoms with Crippen LogP contribution in [0.15, 0.2) is 11.2 Å². The summed E-state index contributed by atoms with van der Waals surface area (Å²) in [6.45, 7) is 1.83. The molecule has 1 fully saturated rings. The number of carbonyl (C=O) groups is 1. The summed E-state index contributed by atoms with van der Waals surface area (Å²) >= 11 is 1.65. The Labute approximate surface area is 128 Å². The van der Waals surface area contributed by atoms with E-state index in [1.54, 1.807) is 18.7 Å². The molecule has 0 aliphatic heterocycles. The van der Waals surface area contributed by atoms with Gasteiger partial charge in [0.25, 0.3) is 10.0 Å². The molecule has 1 aromatic rings. The first-order valence-corrected chi connectivity index (χ1v) is 9.52. The molecule has 0 radical (unpaired) electrons. The SMILES string of the molecule is CCOC(=O)c1cn[nH]c1S(=O)(=O)NC1CCCC1SC. The summed E-state index contributed by atoms with van der Waals surface area (Å²) in [7, 11) is -3.82. The Morgan fingerprint density at radius 3 is 3.00 bits per heavy atom. The minimum atomic E-state index is -3.82. The number of hydrogen-bond acceptors (Lipinski definition) is 6. The first kappa shape index (κ1) is 16.3. The lowest BCUT2D eigenvalue weighted by molar-refractivity contribution is 0.0522. The molecule has 0 aromatic carbocycles. The summed E-state index contributed by atoms with van der Waals surface area (Å²) in [6.07, 6.45) is 5.92. The van der Waals surface area contributed by atoms with Gasteiger partial charge in [-0.2, -0.15) is 16.9 Å². The summed E-state index contributed by atoms with van der Waals surface area (Å²) in [5.41, 5.74) is -0.0666. The van der Waals surface area contributed by atoms with Crippen LogP contribution in [0, 0.1) is 0 Å². The topological polar surface area (TPSA) is 101 Å². The fourth-order valence-electron chi connectivity index (χ4n) is 2.43. The zero-order valence-corrected chi connectivity index (χ0v) is 13.6. The molecular formula is C12H19N3O4S2. The second-order valence-corrected chi connectivity index (χ2v) is 7.49. The van der Waals surface area contributed by atoms with Crippen molar-refractivity contribution >= 4 is 27.8 Å². The highest BCUT2D eigenvalue weighted by atomic mass is 32.2. The summed E-state index contributed by atoms with van der Waals surface area (Å²) in [5.74, 6) is -0.695. The van der Waals surface area contributed by atoms with Gasteiger partial charge in [0.05, 0.1) is 12.8 Å². The highest BCUT2D eigenvalue weighted by Gasteiger charge is 2.33. The number of carbonyl (C=O) groups excluding carboxylic acids is 1. The van der Waals surface area contributed by atoms with Crippen LogP contribution in [-0.2, 0) is 14.8 Å². The van der Waals surface area contributed by atoms with Crippen molar-refractivity contribution in [2.45, 2.75) is 42.5 Å². The standard InChI is InChI=1S/C12H19N3O4S2/c1-3-19-12(16)8-7-13-14-11(8)21(17,18)15-9-5-4-6-10(9)20-2/h7,9-10,15H,3-6H2,1-2H3,(H,13,14). The van der Waals surface area contributed by atoms with Gasteiger partial charge in [0.1, 0.15) is 5.56 Å². The van der Waals surface area contributed by atoms with E-state index >= 15 is 0 Å². The lowest BCUT2D eigenvalue weighted by Crippen LogP contribution is -2.39. The Balaban J connectivity index is 2.20. The molecule has 2 atom stereocenters. The molecule has 1 aliphatic rings. The average molecular weight is 333 g/mol. The third-order valence-electron chi connectivity index (χ3n) is 3.43. The molecule has 2 N–H and O–H groups in total. The number of aromatic amines is 1. The molecule has 1 aromatic heterocycles. The molecule has 2 unspecified atom stereocenters. The summed E-state index contributed by atoms with van der Waals surface area (Å²) in [5, 5.41) is 6.07. The van der Waals surface area contributed by atoms with Gasteiger partial charge < -0.3 is 4.74 Å². The van der Waals surface area contributed by atoms with Crippen molar-refractivity contribution in [1.82, 2.24) is 14.9 Å².